The number of alkyl halides is 3. The van der Waals surface area contributed by atoms with Crippen molar-refractivity contribution in [1.82, 2.24) is 0 Å². The molecule has 1 heterocycles. The van der Waals surface area contributed by atoms with Gasteiger partial charge in [-0.15, -0.1) is 6.42 Å². The minimum absolute atomic E-state index is 0.199. The van der Waals surface area contributed by atoms with Crippen LogP contribution in [0.3, 0.4) is 0 Å². The molecule has 6 heteroatoms. The number of rotatable bonds is 2. The first-order valence-corrected chi connectivity index (χ1v) is 8.49. The number of fused-ring (bicyclic) bond motifs is 1. The van der Waals surface area contributed by atoms with Gasteiger partial charge < -0.3 is 5.32 Å². The summed E-state index contributed by atoms with van der Waals surface area (Å²) in [6, 6.07) is 3.77. The Morgan fingerprint density at radius 3 is 2.68 bits per heavy atom. The van der Waals surface area contributed by atoms with E-state index in [1.807, 2.05) is 0 Å². The van der Waals surface area contributed by atoms with Crippen molar-refractivity contribution in [3.05, 3.63) is 29.3 Å². The van der Waals surface area contributed by atoms with Gasteiger partial charge in [-0.3, -0.25) is 9.98 Å². The molecule has 1 aromatic carbocycles. The van der Waals surface area contributed by atoms with Crippen molar-refractivity contribution in [2.45, 2.75) is 38.3 Å². The zero-order chi connectivity index (χ0) is 17.9. The normalized spacial score (nSPS) is 20.2. The van der Waals surface area contributed by atoms with Crippen LogP contribution in [0.15, 0.2) is 28.2 Å². The van der Waals surface area contributed by atoms with Crippen LogP contribution in [0, 0.1) is 18.3 Å². The van der Waals surface area contributed by atoms with Crippen molar-refractivity contribution in [1.29, 1.82) is 0 Å². The van der Waals surface area contributed by atoms with Gasteiger partial charge in [-0.1, -0.05) is 25.2 Å². The maximum absolute atomic E-state index is 13.2. The Balaban J connectivity index is 2.04. The first kappa shape index (κ1) is 17.5. The lowest BCUT2D eigenvalue weighted by Crippen LogP contribution is -2.20. The molecule has 0 amide bonds. The van der Waals surface area contributed by atoms with E-state index in [-0.39, 0.29) is 12.5 Å². The molecule has 3 nitrogen and oxygen atoms in total. The first-order valence-electron chi connectivity index (χ1n) is 8.49. The van der Waals surface area contributed by atoms with E-state index in [0.717, 1.165) is 37.5 Å². The smallest absolute Gasteiger partial charge is 0.342 e. The fourth-order valence-electron chi connectivity index (χ4n) is 3.44. The van der Waals surface area contributed by atoms with E-state index in [0.29, 0.717) is 23.6 Å². The number of nitrogens with one attached hydrogen (secondary N) is 1. The molecule has 0 atom stereocenters. The second kappa shape index (κ2) is 7.30. The van der Waals surface area contributed by atoms with Gasteiger partial charge in [0, 0.05) is 22.9 Å². The molecule has 0 aromatic heterocycles. The first-order chi connectivity index (χ1) is 12.0. The Hall–Kier alpha value is -2.29. The molecule has 0 spiro atoms. The van der Waals surface area contributed by atoms with Gasteiger partial charge >= 0.3 is 6.18 Å². The fraction of sp³-hybridized carbons (Fsp3) is 0.474. The number of anilines is 1. The summed E-state index contributed by atoms with van der Waals surface area (Å²) in [5.74, 6) is 3.22. The Kier molecular flexibility index (Phi) is 5.12. The van der Waals surface area contributed by atoms with Crippen LogP contribution in [-0.2, 0) is 6.18 Å². The van der Waals surface area contributed by atoms with Gasteiger partial charge in [-0.05, 0) is 31.0 Å². The van der Waals surface area contributed by atoms with Crippen LogP contribution in [0.2, 0.25) is 0 Å². The van der Waals surface area contributed by atoms with Crippen molar-refractivity contribution >= 4 is 17.2 Å². The molecule has 1 saturated carbocycles. The third-order valence-corrected chi connectivity index (χ3v) is 4.65. The summed E-state index contributed by atoms with van der Waals surface area (Å²) < 4.78 is 39.5. The Morgan fingerprint density at radius 1 is 1.24 bits per heavy atom. The SMILES string of the molecule is C#CCN=C1CN=C(C2CCCCC2)c2cc(C(F)(F)F)ccc2N1. The lowest BCUT2D eigenvalue weighted by molar-refractivity contribution is -0.137. The second-order valence-electron chi connectivity index (χ2n) is 6.39. The molecular formula is C19H20F3N3. The van der Waals surface area contributed by atoms with Gasteiger partial charge in [-0.2, -0.15) is 13.2 Å². The molecule has 0 bridgehead atoms. The predicted molar refractivity (Wildman–Crippen MR) is 94.2 cm³/mol. The van der Waals surface area contributed by atoms with Gasteiger partial charge in [0.25, 0.3) is 0 Å². The lowest BCUT2D eigenvalue weighted by atomic mass is 9.82. The second-order valence-corrected chi connectivity index (χ2v) is 6.39. The summed E-state index contributed by atoms with van der Waals surface area (Å²) in [7, 11) is 0. The summed E-state index contributed by atoms with van der Waals surface area (Å²) in [6.45, 7) is 0.524. The molecule has 0 unspecified atom stereocenters. The van der Waals surface area contributed by atoms with E-state index in [4.69, 9.17) is 6.42 Å². The summed E-state index contributed by atoms with van der Waals surface area (Å²) >= 11 is 0. The molecule has 1 N–H and O–H groups in total. The molecule has 25 heavy (non-hydrogen) atoms. The number of amidine groups is 1. The van der Waals surface area contributed by atoms with Crippen LogP contribution in [-0.4, -0.2) is 24.6 Å². The number of terminal acetylenes is 1. The number of hydrogen-bond donors (Lipinski definition) is 1. The Morgan fingerprint density at radius 2 is 2.00 bits per heavy atom. The standard InChI is InChI=1S/C19H20F3N3/c1-2-10-23-17-12-24-18(13-6-4-3-5-7-13)15-11-14(19(20,21)22)8-9-16(15)25-17/h1,8-9,11,13H,3-7,10,12H2,(H,23,25). The number of benzodiazepines with no additional fused rings is 1. The monoisotopic (exact) mass is 347 g/mol. The van der Waals surface area contributed by atoms with Gasteiger partial charge in [-0.25, -0.2) is 0 Å². The number of hydrogen-bond acceptors (Lipinski definition) is 2. The minimum atomic E-state index is -4.38. The van der Waals surface area contributed by atoms with Crippen LogP contribution < -0.4 is 5.32 Å². The van der Waals surface area contributed by atoms with Crippen molar-refractivity contribution in [2.75, 3.05) is 18.4 Å². The average Bonchev–Trinajstić information content (AvgIpc) is 2.78. The third-order valence-electron chi connectivity index (χ3n) is 4.65. The molecule has 1 fully saturated rings. The summed E-state index contributed by atoms with van der Waals surface area (Å²) in [5.41, 5.74) is 1.26. The Bertz CT molecular complexity index is 735. The molecule has 132 valence electrons. The van der Waals surface area contributed by atoms with Gasteiger partial charge in [0.15, 0.2) is 0 Å². The van der Waals surface area contributed by atoms with Crippen LogP contribution in [0.1, 0.15) is 43.2 Å². The highest BCUT2D eigenvalue weighted by Gasteiger charge is 2.33. The molecule has 1 aromatic rings. The molecule has 1 aliphatic heterocycles. The van der Waals surface area contributed by atoms with Crippen molar-refractivity contribution in [3.63, 3.8) is 0 Å². The van der Waals surface area contributed by atoms with E-state index in [2.05, 4.69) is 21.2 Å². The molecule has 0 radical (unpaired) electrons. The van der Waals surface area contributed by atoms with Crippen LogP contribution in [0.5, 0.6) is 0 Å². The number of halogens is 3. The van der Waals surface area contributed by atoms with Crippen molar-refractivity contribution in [2.24, 2.45) is 15.9 Å². The highest BCUT2D eigenvalue weighted by atomic mass is 19.4. The average molecular weight is 347 g/mol. The van der Waals surface area contributed by atoms with Gasteiger partial charge in [0.1, 0.15) is 12.4 Å². The topological polar surface area (TPSA) is 36.8 Å². The van der Waals surface area contributed by atoms with Crippen LogP contribution in [0.25, 0.3) is 0 Å². The molecule has 2 aliphatic rings. The summed E-state index contributed by atoms with van der Waals surface area (Å²) in [5, 5.41) is 3.11. The van der Waals surface area contributed by atoms with E-state index in [1.165, 1.54) is 18.6 Å². The number of benzene rings is 1. The van der Waals surface area contributed by atoms with Gasteiger partial charge in [0.2, 0.25) is 0 Å². The highest BCUT2D eigenvalue weighted by Crippen LogP contribution is 2.36. The van der Waals surface area contributed by atoms with Crippen LogP contribution >= 0.6 is 0 Å². The van der Waals surface area contributed by atoms with Gasteiger partial charge in [0.05, 0.1) is 12.1 Å². The van der Waals surface area contributed by atoms with Crippen molar-refractivity contribution < 1.29 is 13.2 Å². The highest BCUT2D eigenvalue weighted by molar-refractivity contribution is 6.13. The zero-order valence-electron chi connectivity index (χ0n) is 13.9. The maximum atomic E-state index is 13.2. The lowest BCUT2D eigenvalue weighted by Gasteiger charge is -2.24. The zero-order valence-corrected chi connectivity index (χ0v) is 13.9. The van der Waals surface area contributed by atoms with Crippen molar-refractivity contribution in [3.8, 4) is 12.3 Å². The quantitative estimate of drug-likeness (QED) is 0.784. The van der Waals surface area contributed by atoms with E-state index < -0.39 is 11.7 Å². The number of aliphatic imine (C=N–C) groups is 2. The van der Waals surface area contributed by atoms with E-state index >= 15 is 0 Å². The largest absolute Gasteiger partial charge is 0.416 e. The molecule has 1 aliphatic carbocycles. The Labute approximate surface area is 145 Å². The minimum Gasteiger partial charge on any atom is -0.342 e. The summed E-state index contributed by atoms with van der Waals surface area (Å²) in [6.07, 6.45) is 6.14. The maximum Gasteiger partial charge on any atom is 0.416 e. The fourth-order valence-corrected chi connectivity index (χ4v) is 3.44. The van der Waals surface area contributed by atoms with E-state index in [9.17, 15) is 13.2 Å². The van der Waals surface area contributed by atoms with E-state index in [1.54, 1.807) is 0 Å². The predicted octanol–water partition coefficient (Wildman–Crippen LogP) is 4.53. The molecule has 0 saturated heterocycles. The third kappa shape index (κ3) is 4.04. The molecular weight excluding hydrogens is 327 g/mol. The summed E-state index contributed by atoms with van der Waals surface area (Å²) in [4.78, 5) is 8.88. The number of nitrogens with zero attached hydrogens (tertiary/aromatic N) is 2. The molecule has 3 rings (SSSR count). The van der Waals surface area contributed by atoms with Crippen LogP contribution in [0.4, 0.5) is 18.9 Å².